The number of hydrogen-bond donors (Lipinski definition) is 1. The molecule has 1 aliphatic heterocycles. The zero-order valence-corrected chi connectivity index (χ0v) is 18.8. The van der Waals surface area contributed by atoms with Crippen LogP contribution in [-0.2, 0) is 11.2 Å². The summed E-state index contributed by atoms with van der Waals surface area (Å²) >= 11 is 1.48. The molecule has 0 bridgehead atoms. The first kappa shape index (κ1) is 24.0. The van der Waals surface area contributed by atoms with Crippen molar-refractivity contribution in [3.63, 3.8) is 0 Å². The second kappa shape index (κ2) is 11.2. The van der Waals surface area contributed by atoms with Gasteiger partial charge in [0.2, 0.25) is 5.91 Å². The first-order valence-corrected chi connectivity index (χ1v) is 9.98. The van der Waals surface area contributed by atoms with Gasteiger partial charge in [-0.2, -0.15) is 0 Å². The van der Waals surface area contributed by atoms with E-state index in [2.05, 4.69) is 20.3 Å². The number of benzene rings is 1. The molecule has 0 radical (unpaired) electrons. The number of halogens is 2. The fraction of sp³-hybridized carbons (Fsp3) is 0.300. The summed E-state index contributed by atoms with van der Waals surface area (Å²) in [6, 6.07) is 7.80. The van der Waals surface area contributed by atoms with E-state index < -0.39 is 0 Å². The molecular weight excluding hydrogens is 445 g/mol. The smallest absolute Gasteiger partial charge is 0.229 e. The number of piperazine rings is 1. The molecule has 10 heteroatoms. The number of nitrogens with one attached hydrogen (secondary N) is 1. The number of methoxy groups -OCH3 is 1. The number of ether oxygens (including phenoxy) is 1. The van der Waals surface area contributed by atoms with Crippen LogP contribution in [0, 0.1) is 0 Å². The summed E-state index contributed by atoms with van der Waals surface area (Å²) in [5.41, 5.74) is 2.50. The van der Waals surface area contributed by atoms with Crippen LogP contribution >= 0.6 is 36.2 Å². The van der Waals surface area contributed by atoms with E-state index in [1.807, 2.05) is 34.5 Å². The predicted molar refractivity (Wildman–Crippen MR) is 122 cm³/mol. The van der Waals surface area contributed by atoms with Crippen molar-refractivity contribution in [3.05, 3.63) is 59.5 Å². The highest BCUT2D eigenvalue weighted by Crippen LogP contribution is 2.31. The van der Waals surface area contributed by atoms with Gasteiger partial charge in [0.05, 0.1) is 31.5 Å². The molecule has 0 saturated carbocycles. The number of rotatable bonds is 5. The van der Waals surface area contributed by atoms with Crippen molar-refractivity contribution < 1.29 is 9.53 Å². The van der Waals surface area contributed by atoms with E-state index in [9.17, 15) is 4.79 Å². The number of hydrogen-bond acceptors (Lipinski definition) is 7. The van der Waals surface area contributed by atoms with Gasteiger partial charge in [-0.05, 0) is 6.07 Å². The van der Waals surface area contributed by atoms with Crippen molar-refractivity contribution in [1.29, 1.82) is 0 Å². The molecule has 0 spiro atoms. The molecule has 1 saturated heterocycles. The van der Waals surface area contributed by atoms with Gasteiger partial charge in [-0.3, -0.25) is 14.8 Å². The quantitative estimate of drug-likeness (QED) is 0.620. The summed E-state index contributed by atoms with van der Waals surface area (Å²) in [5.74, 6) is 0.862. The maximum Gasteiger partial charge on any atom is 0.229 e. The van der Waals surface area contributed by atoms with E-state index in [0.717, 1.165) is 34.3 Å². The Kier molecular flexibility index (Phi) is 8.98. The minimum Gasteiger partial charge on any atom is -0.496 e. The van der Waals surface area contributed by atoms with Gasteiger partial charge >= 0.3 is 0 Å². The number of thiazole rings is 1. The second-order valence-corrected chi connectivity index (χ2v) is 7.32. The fourth-order valence-electron chi connectivity index (χ4n) is 3.39. The van der Waals surface area contributed by atoms with Crippen molar-refractivity contribution in [2.45, 2.75) is 12.5 Å². The molecule has 1 unspecified atom stereocenters. The third-order valence-corrected chi connectivity index (χ3v) is 5.64. The molecule has 1 aliphatic rings. The third-order valence-electron chi connectivity index (χ3n) is 4.73. The molecule has 1 atom stereocenters. The molecule has 2 aromatic heterocycles. The van der Waals surface area contributed by atoms with E-state index in [0.29, 0.717) is 13.1 Å². The number of carbonyl (C=O) groups excluding carboxylic acids is 1. The summed E-state index contributed by atoms with van der Waals surface area (Å²) in [6.07, 6.45) is 5.21. The minimum atomic E-state index is -0.0597. The number of para-hydroxylation sites is 1. The highest BCUT2D eigenvalue weighted by Gasteiger charge is 2.30. The highest BCUT2D eigenvalue weighted by molar-refractivity contribution is 7.13. The second-order valence-electron chi connectivity index (χ2n) is 6.46. The molecule has 4 rings (SSSR count). The Labute approximate surface area is 191 Å². The average molecular weight is 468 g/mol. The van der Waals surface area contributed by atoms with Gasteiger partial charge in [-0.1, -0.05) is 18.2 Å². The summed E-state index contributed by atoms with van der Waals surface area (Å²) < 4.78 is 5.51. The predicted octanol–water partition coefficient (Wildman–Crippen LogP) is 3.17. The Morgan fingerprint density at radius 1 is 1.30 bits per heavy atom. The number of nitrogens with zero attached hydrogens (tertiary/aromatic N) is 4. The first-order valence-electron chi connectivity index (χ1n) is 9.10. The number of aromatic nitrogens is 3. The van der Waals surface area contributed by atoms with Gasteiger partial charge in [-0.15, -0.1) is 36.2 Å². The standard InChI is InChI=1S/C20H21N5O2S.2ClH/c1-27-18-5-3-2-4-15(18)17-12-22-8-9-25(17)19(26)10-14-13-28-20(24-14)16-11-21-6-7-23-16;;/h2-7,11,13,17,22H,8-10,12H2,1H3;2*1H. The number of carbonyl (C=O) groups is 1. The van der Waals surface area contributed by atoms with Crippen LogP contribution in [0.15, 0.2) is 48.2 Å². The molecule has 3 heterocycles. The van der Waals surface area contributed by atoms with Gasteiger partial charge in [-0.25, -0.2) is 4.98 Å². The molecular formula is C20H23Cl2N5O2S. The van der Waals surface area contributed by atoms with Crippen molar-refractivity contribution in [1.82, 2.24) is 25.2 Å². The summed E-state index contributed by atoms with van der Waals surface area (Å²) in [4.78, 5) is 27.9. The zero-order valence-electron chi connectivity index (χ0n) is 16.4. The third kappa shape index (κ3) is 5.26. The molecule has 0 aliphatic carbocycles. The van der Waals surface area contributed by atoms with Crippen LogP contribution in [0.5, 0.6) is 5.75 Å². The minimum absolute atomic E-state index is 0. The highest BCUT2D eigenvalue weighted by atomic mass is 35.5. The Bertz CT molecular complexity index is 957. The maximum absolute atomic E-state index is 13.1. The van der Waals surface area contributed by atoms with Crippen LogP contribution < -0.4 is 10.1 Å². The SMILES string of the molecule is COc1ccccc1C1CNCCN1C(=O)Cc1csc(-c2cnccn2)n1.Cl.Cl. The average Bonchev–Trinajstić information content (AvgIpc) is 3.23. The monoisotopic (exact) mass is 467 g/mol. The molecule has 1 N–H and O–H groups in total. The van der Waals surface area contributed by atoms with Crippen LogP contribution in [0.1, 0.15) is 17.3 Å². The van der Waals surface area contributed by atoms with E-state index in [1.54, 1.807) is 25.7 Å². The molecule has 1 aromatic carbocycles. The van der Waals surface area contributed by atoms with Crippen LogP contribution in [0.25, 0.3) is 10.7 Å². The molecule has 1 fully saturated rings. The molecule has 30 heavy (non-hydrogen) atoms. The summed E-state index contributed by atoms with van der Waals surface area (Å²) in [6.45, 7) is 2.13. The Hall–Kier alpha value is -2.26. The lowest BCUT2D eigenvalue weighted by Gasteiger charge is -2.37. The van der Waals surface area contributed by atoms with Crippen LogP contribution in [-0.4, -0.2) is 52.5 Å². The van der Waals surface area contributed by atoms with Gasteiger partial charge in [0.1, 0.15) is 16.5 Å². The fourth-order valence-corrected chi connectivity index (χ4v) is 4.17. The van der Waals surface area contributed by atoms with Crippen LogP contribution in [0.2, 0.25) is 0 Å². The molecule has 1 amide bonds. The van der Waals surface area contributed by atoms with Gasteiger partial charge in [0.25, 0.3) is 0 Å². The van der Waals surface area contributed by atoms with Crippen LogP contribution in [0.3, 0.4) is 0 Å². The lowest BCUT2D eigenvalue weighted by molar-refractivity contribution is -0.133. The molecule has 7 nitrogen and oxygen atoms in total. The lowest BCUT2D eigenvalue weighted by Crippen LogP contribution is -2.49. The normalized spacial score (nSPS) is 15.6. The summed E-state index contributed by atoms with van der Waals surface area (Å²) in [7, 11) is 1.66. The van der Waals surface area contributed by atoms with E-state index >= 15 is 0 Å². The van der Waals surface area contributed by atoms with Gasteiger partial charge in [0, 0.05) is 43.0 Å². The maximum atomic E-state index is 13.1. The van der Waals surface area contributed by atoms with Crippen molar-refractivity contribution in [3.8, 4) is 16.5 Å². The van der Waals surface area contributed by atoms with Crippen molar-refractivity contribution in [2.24, 2.45) is 0 Å². The Morgan fingerprint density at radius 2 is 2.13 bits per heavy atom. The molecule has 3 aromatic rings. The van der Waals surface area contributed by atoms with E-state index in [4.69, 9.17) is 4.74 Å². The largest absolute Gasteiger partial charge is 0.496 e. The van der Waals surface area contributed by atoms with Crippen molar-refractivity contribution in [2.75, 3.05) is 26.7 Å². The number of amides is 1. The first-order chi connectivity index (χ1) is 13.8. The Morgan fingerprint density at radius 3 is 2.90 bits per heavy atom. The topological polar surface area (TPSA) is 80.2 Å². The van der Waals surface area contributed by atoms with E-state index in [1.165, 1.54) is 11.3 Å². The zero-order chi connectivity index (χ0) is 19.3. The summed E-state index contributed by atoms with van der Waals surface area (Å²) in [5, 5.41) is 6.08. The van der Waals surface area contributed by atoms with Gasteiger partial charge < -0.3 is 15.0 Å². The molecule has 160 valence electrons. The lowest BCUT2D eigenvalue weighted by atomic mass is 10.0. The Balaban J connectivity index is 0.00000160. The van der Waals surface area contributed by atoms with Crippen molar-refractivity contribution >= 4 is 42.1 Å². The van der Waals surface area contributed by atoms with E-state index in [-0.39, 0.29) is 43.2 Å². The van der Waals surface area contributed by atoms with Crippen LogP contribution in [0.4, 0.5) is 0 Å². The van der Waals surface area contributed by atoms with Gasteiger partial charge in [0.15, 0.2) is 0 Å².